The number of halogens is 1. The summed E-state index contributed by atoms with van der Waals surface area (Å²) in [6.45, 7) is 2.64. The van der Waals surface area contributed by atoms with Crippen LogP contribution in [0.15, 0.2) is 30.5 Å². The number of pyridine rings is 1. The van der Waals surface area contributed by atoms with Crippen molar-refractivity contribution in [3.63, 3.8) is 0 Å². The normalized spacial score (nSPS) is 13.8. The van der Waals surface area contributed by atoms with Crippen LogP contribution in [0.2, 0.25) is 5.02 Å². The van der Waals surface area contributed by atoms with Gasteiger partial charge in [-0.15, -0.1) is 0 Å². The van der Waals surface area contributed by atoms with E-state index >= 15 is 0 Å². The van der Waals surface area contributed by atoms with Gasteiger partial charge in [-0.1, -0.05) is 11.6 Å². The summed E-state index contributed by atoms with van der Waals surface area (Å²) >= 11 is 6.58. The minimum absolute atomic E-state index is 0.235. The van der Waals surface area contributed by atoms with Gasteiger partial charge in [-0.2, -0.15) is 5.10 Å². The number of carbonyl (C=O) groups is 2. The maximum absolute atomic E-state index is 13.3. The number of hydrogen-bond acceptors (Lipinski definition) is 6. The summed E-state index contributed by atoms with van der Waals surface area (Å²) in [5, 5.41) is 8.07. The van der Waals surface area contributed by atoms with E-state index in [1.54, 1.807) is 50.2 Å². The molecule has 0 spiro atoms. The van der Waals surface area contributed by atoms with E-state index in [0.717, 1.165) is 0 Å². The van der Waals surface area contributed by atoms with Gasteiger partial charge in [0.15, 0.2) is 5.65 Å². The molecule has 3 aromatic rings. The minimum Gasteiger partial charge on any atom is -0.497 e. The quantitative estimate of drug-likeness (QED) is 0.533. The van der Waals surface area contributed by atoms with Crippen molar-refractivity contribution >= 4 is 40.5 Å². The van der Waals surface area contributed by atoms with Crippen LogP contribution in [-0.4, -0.2) is 63.9 Å². The molecule has 1 fully saturated rings. The van der Waals surface area contributed by atoms with Gasteiger partial charge in [-0.25, -0.2) is 15.0 Å². The molecular formula is C23H24ClN5O4. The van der Waals surface area contributed by atoms with Gasteiger partial charge >= 0.3 is 0 Å². The Bertz CT molecular complexity index is 1270. The third-order valence-electron chi connectivity index (χ3n) is 5.56. The van der Waals surface area contributed by atoms with Crippen LogP contribution in [0.5, 0.6) is 11.5 Å². The van der Waals surface area contributed by atoms with E-state index in [1.165, 1.54) is 22.3 Å². The van der Waals surface area contributed by atoms with E-state index in [2.05, 4.69) is 10.1 Å². The molecule has 0 saturated carbocycles. The van der Waals surface area contributed by atoms with E-state index < -0.39 is 0 Å². The molecule has 0 atom stereocenters. The first-order valence-electron chi connectivity index (χ1n) is 10.4. The number of aromatic nitrogens is 3. The second-order valence-electron chi connectivity index (χ2n) is 7.58. The summed E-state index contributed by atoms with van der Waals surface area (Å²) in [5.41, 5.74) is 2.20. The molecule has 10 heteroatoms. The lowest BCUT2D eigenvalue weighted by molar-refractivity contribution is -0.134. The molecule has 1 aliphatic heterocycles. The highest BCUT2D eigenvalue weighted by Crippen LogP contribution is 2.30. The number of nitrogens with zero attached hydrogens (tertiary/aromatic N) is 5. The molecule has 0 aliphatic carbocycles. The summed E-state index contributed by atoms with van der Waals surface area (Å²) in [5.74, 6) is 0.542. The summed E-state index contributed by atoms with van der Waals surface area (Å²) in [6.07, 6.45) is 5.15. The van der Waals surface area contributed by atoms with Gasteiger partial charge in [0, 0.05) is 38.0 Å². The minimum atomic E-state index is -0.379. The number of aryl methyl sites for hydroxylation is 2. The van der Waals surface area contributed by atoms with Crippen molar-refractivity contribution < 1.29 is 19.1 Å². The Balaban J connectivity index is 1.59. The highest BCUT2D eigenvalue weighted by atomic mass is 35.5. The first-order chi connectivity index (χ1) is 15.8. The Hall–Kier alpha value is -3.59. The first kappa shape index (κ1) is 22.6. The van der Waals surface area contributed by atoms with Crippen molar-refractivity contribution in [1.82, 2.24) is 24.8 Å². The predicted octanol–water partition coefficient (Wildman–Crippen LogP) is 3.25. The Labute approximate surface area is 196 Å². The standard InChI is InChI=1S/C23H24ClN5O4/c1-14-20-21(24)17(13-25-22(20)27(2)26-14)23(31)29-11-5-10-28(29)19(30)9-6-15-12-16(32-3)7-8-18(15)33-4/h6-9,12-13H,5,10-11H2,1-4H3. The number of hydrazine groups is 1. The fourth-order valence-corrected chi connectivity index (χ4v) is 4.28. The number of amides is 2. The summed E-state index contributed by atoms with van der Waals surface area (Å²) in [4.78, 5) is 30.7. The molecule has 0 unspecified atom stereocenters. The lowest BCUT2D eigenvalue weighted by atomic mass is 10.1. The van der Waals surface area contributed by atoms with E-state index in [9.17, 15) is 9.59 Å². The molecule has 0 radical (unpaired) electrons. The largest absolute Gasteiger partial charge is 0.497 e. The number of ether oxygens (including phenoxy) is 2. The molecule has 1 saturated heterocycles. The highest BCUT2D eigenvalue weighted by molar-refractivity contribution is 6.38. The molecule has 1 aromatic carbocycles. The molecule has 3 heterocycles. The Morgan fingerprint density at radius 3 is 2.64 bits per heavy atom. The van der Waals surface area contributed by atoms with Gasteiger partial charge in [-0.05, 0) is 37.6 Å². The Kier molecular flexibility index (Phi) is 6.24. The maximum atomic E-state index is 13.3. The highest BCUT2D eigenvalue weighted by Gasteiger charge is 2.32. The van der Waals surface area contributed by atoms with Gasteiger partial charge in [0.1, 0.15) is 11.5 Å². The van der Waals surface area contributed by atoms with Crippen molar-refractivity contribution in [2.45, 2.75) is 13.3 Å². The van der Waals surface area contributed by atoms with Gasteiger partial charge in [-0.3, -0.25) is 14.3 Å². The van der Waals surface area contributed by atoms with Crippen molar-refractivity contribution in [2.24, 2.45) is 7.05 Å². The van der Waals surface area contributed by atoms with Gasteiger partial charge in [0.2, 0.25) is 0 Å². The zero-order valence-electron chi connectivity index (χ0n) is 18.8. The zero-order chi connectivity index (χ0) is 23.7. The Morgan fingerprint density at radius 1 is 1.15 bits per heavy atom. The maximum Gasteiger partial charge on any atom is 0.275 e. The van der Waals surface area contributed by atoms with Gasteiger partial charge in [0.25, 0.3) is 11.8 Å². The van der Waals surface area contributed by atoms with Crippen LogP contribution in [0.3, 0.4) is 0 Å². The summed E-state index contributed by atoms with van der Waals surface area (Å²) < 4.78 is 12.2. The van der Waals surface area contributed by atoms with Crippen LogP contribution in [0.1, 0.15) is 28.0 Å². The monoisotopic (exact) mass is 469 g/mol. The number of rotatable bonds is 5. The third-order valence-corrected chi connectivity index (χ3v) is 5.95. The van der Waals surface area contributed by atoms with E-state index in [-0.39, 0.29) is 22.4 Å². The molecule has 172 valence electrons. The van der Waals surface area contributed by atoms with Crippen LogP contribution < -0.4 is 9.47 Å². The van der Waals surface area contributed by atoms with Crippen molar-refractivity contribution in [1.29, 1.82) is 0 Å². The lowest BCUT2D eigenvalue weighted by Gasteiger charge is -2.27. The predicted molar refractivity (Wildman–Crippen MR) is 124 cm³/mol. The summed E-state index contributed by atoms with van der Waals surface area (Å²) in [7, 11) is 4.89. The van der Waals surface area contributed by atoms with Crippen LogP contribution in [0, 0.1) is 6.92 Å². The van der Waals surface area contributed by atoms with Gasteiger partial charge in [0.05, 0.1) is 35.9 Å². The number of carbonyl (C=O) groups excluding carboxylic acids is 2. The molecule has 2 amide bonds. The zero-order valence-corrected chi connectivity index (χ0v) is 19.6. The average molecular weight is 470 g/mol. The molecule has 0 bridgehead atoms. The van der Waals surface area contributed by atoms with Gasteiger partial charge < -0.3 is 9.47 Å². The summed E-state index contributed by atoms with van der Waals surface area (Å²) in [6, 6.07) is 5.31. The SMILES string of the molecule is COc1ccc(OC)c(C=CC(=O)N2CCCN2C(=O)c2cnc3c(c(C)nn3C)c2Cl)c1. The number of benzene rings is 1. The average Bonchev–Trinajstić information content (AvgIpc) is 3.42. The smallest absolute Gasteiger partial charge is 0.275 e. The fraction of sp³-hybridized carbons (Fsp3) is 0.304. The first-order valence-corrected chi connectivity index (χ1v) is 10.7. The second kappa shape index (κ2) is 9.11. The van der Waals surface area contributed by atoms with Crippen LogP contribution in [0.25, 0.3) is 17.1 Å². The van der Waals surface area contributed by atoms with Crippen molar-refractivity contribution in [3.05, 3.63) is 52.3 Å². The Morgan fingerprint density at radius 2 is 1.91 bits per heavy atom. The molecule has 4 rings (SSSR count). The van der Waals surface area contributed by atoms with Crippen LogP contribution in [-0.2, 0) is 11.8 Å². The van der Waals surface area contributed by atoms with Crippen LogP contribution >= 0.6 is 11.6 Å². The third kappa shape index (κ3) is 4.11. The fourth-order valence-electron chi connectivity index (χ4n) is 3.93. The molecule has 1 aliphatic rings. The number of methoxy groups -OCH3 is 2. The second-order valence-corrected chi connectivity index (χ2v) is 7.96. The number of hydrogen-bond donors (Lipinski definition) is 0. The van der Waals surface area contributed by atoms with E-state index in [0.29, 0.717) is 53.3 Å². The van der Waals surface area contributed by atoms with E-state index in [4.69, 9.17) is 21.1 Å². The molecule has 33 heavy (non-hydrogen) atoms. The molecule has 2 aromatic heterocycles. The topological polar surface area (TPSA) is 89.8 Å². The lowest BCUT2D eigenvalue weighted by Crippen LogP contribution is -2.44. The van der Waals surface area contributed by atoms with Crippen molar-refractivity contribution in [2.75, 3.05) is 27.3 Å². The van der Waals surface area contributed by atoms with Crippen LogP contribution in [0.4, 0.5) is 0 Å². The van der Waals surface area contributed by atoms with Crippen molar-refractivity contribution in [3.8, 4) is 11.5 Å². The molecular weight excluding hydrogens is 446 g/mol. The number of fused-ring (bicyclic) bond motifs is 1. The molecule has 9 nitrogen and oxygen atoms in total. The molecule has 0 N–H and O–H groups in total. The van der Waals surface area contributed by atoms with E-state index in [1.807, 2.05) is 6.92 Å².